The first kappa shape index (κ1) is 35.0. The van der Waals surface area contributed by atoms with Crippen LogP contribution in [0.5, 0.6) is 0 Å². The van der Waals surface area contributed by atoms with E-state index in [0.29, 0.717) is 0 Å². The SMILES string of the molecule is c1ccc(-c2ccc(-c3ccc(-c4cccc5ccc6nc(-c7ccccc7)c(-n7c8cccc9c%10cccc%11c%12ccccc%12n(c%12cccc7c%12c98)c%10%11)nc6c45)cc3)cc2)cc1. The zero-order valence-electron chi connectivity index (χ0n) is 34.6. The van der Waals surface area contributed by atoms with Gasteiger partial charge in [0.25, 0.3) is 0 Å². The van der Waals surface area contributed by atoms with E-state index in [0.717, 1.165) is 61.0 Å². The molecule has 64 heavy (non-hydrogen) atoms. The van der Waals surface area contributed by atoms with Crippen LogP contribution in [0.15, 0.2) is 218 Å². The molecule has 0 bridgehead atoms. The summed E-state index contributed by atoms with van der Waals surface area (Å²) in [6.07, 6.45) is 0. The van der Waals surface area contributed by atoms with Gasteiger partial charge in [-0.15, -0.1) is 0 Å². The number of aromatic nitrogens is 4. The highest BCUT2D eigenvalue weighted by atomic mass is 15.1. The predicted octanol–water partition coefficient (Wildman–Crippen LogP) is 15.7. The van der Waals surface area contributed by atoms with Crippen LogP contribution in [-0.4, -0.2) is 18.9 Å². The largest absolute Gasteiger partial charge is 0.308 e. The molecule has 0 amide bonds. The van der Waals surface area contributed by atoms with Crippen molar-refractivity contribution in [3.05, 3.63) is 218 Å². The Morgan fingerprint density at radius 1 is 0.312 bits per heavy atom. The van der Waals surface area contributed by atoms with Crippen LogP contribution in [0.2, 0.25) is 0 Å². The maximum atomic E-state index is 5.83. The molecule has 296 valence electrons. The molecule has 0 fully saturated rings. The fourth-order valence-corrected chi connectivity index (χ4v) is 10.6. The Kier molecular flexibility index (Phi) is 7.36. The van der Waals surface area contributed by atoms with E-state index in [1.54, 1.807) is 0 Å². The highest BCUT2D eigenvalue weighted by Gasteiger charge is 2.25. The fraction of sp³-hybridized carbons (Fsp3) is 0. The minimum Gasteiger partial charge on any atom is -0.308 e. The Morgan fingerprint density at radius 3 is 1.59 bits per heavy atom. The molecule has 14 aromatic rings. The van der Waals surface area contributed by atoms with Crippen LogP contribution in [0.4, 0.5) is 0 Å². The van der Waals surface area contributed by atoms with Gasteiger partial charge in [-0.2, -0.15) is 0 Å². The van der Waals surface area contributed by atoms with Crippen molar-refractivity contribution in [2.24, 2.45) is 0 Å². The molecule has 0 saturated carbocycles. The molecule has 0 spiro atoms. The summed E-state index contributed by atoms with van der Waals surface area (Å²) in [5.74, 6) is 0.806. The molecule has 0 unspecified atom stereocenters. The molecule has 0 radical (unpaired) electrons. The summed E-state index contributed by atoms with van der Waals surface area (Å²) in [5.41, 5.74) is 16.5. The van der Waals surface area contributed by atoms with E-state index in [1.165, 1.54) is 71.1 Å². The molecule has 4 aromatic heterocycles. The summed E-state index contributed by atoms with van der Waals surface area (Å²) in [5, 5.41) is 9.62. The van der Waals surface area contributed by atoms with E-state index in [-0.39, 0.29) is 0 Å². The summed E-state index contributed by atoms with van der Waals surface area (Å²) >= 11 is 0. The van der Waals surface area contributed by atoms with Gasteiger partial charge in [0, 0.05) is 37.9 Å². The van der Waals surface area contributed by atoms with Crippen molar-refractivity contribution >= 4 is 81.7 Å². The molecular weight excluding hydrogens is 777 g/mol. The zero-order chi connectivity index (χ0) is 41.9. The molecule has 4 nitrogen and oxygen atoms in total. The lowest BCUT2D eigenvalue weighted by Crippen LogP contribution is -2.04. The van der Waals surface area contributed by atoms with Crippen molar-refractivity contribution in [2.45, 2.75) is 0 Å². The molecule has 0 atom stereocenters. The lowest BCUT2D eigenvalue weighted by Gasteiger charge is -2.16. The average Bonchev–Trinajstić information content (AvgIpc) is 3.85. The number of nitrogens with zero attached hydrogens (tertiary/aromatic N) is 4. The Bertz CT molecular complexity index is 4150. The topological polar surface area (TPSA) is 35.1 Å². The maximum Gasteiger partial charge on any atom is 0.165 e. The van der Waals surface area contributed by atoms with Gasteiger partial charge in [-0.05, 0) is 74.5 Å². The molecule has 0 aliphatic carbocycles. The number of rotatable bonds is 5. The van der Waals surface area contributed by atoms with Crippen molar-refractivity contribution in [3.63, 3.8) is 0 Å². The monoisotopic (exact) mass is 812 g/mol. The molecular formula is C60H36N4. The number of benzene rings is 10. The molecule has 4 heteroatoms. The van der Waals surface area contributed by atoms with Gasteiger partial charge in [-0.3, -0.25) is 4.57 Å². The van der Waals surface area contributed by atoms with Gasteiger partial charge in [-0.1, -0.05) is 188 Å². The zero-order valence-corrected chi connectivity index (χ0v) is 34.6. The number of hydrogen-bond acceptors (Lipinski definition) is 2. The van der Waals surface area contributed by atoms with Crippen LogP contribution >= 0.6 is 0 Å². The van der Waals surface area contributed by atoms with Crippen LogP contribution in [0.1, 0.15) is 0 Å². The minimum atomic E-state index is 0.806. The standard InChI is InChI=1S/C60H36N4/c1-3-13-37(14-4-1)38-27-29-39(30-28-38)40-31-33-41(34-32-40)44-19-9-17-42-35-36-49-58(54(42)44)62-60(57(61-49)43-15-5-2-6-16-43)64-51-24-11-20-46-48-22-10-21-47-45-18-7-8-23-50(45)63(59(47)48)52-25-12-26-53(64)56(52)55(46)51/h1-36H. The van der Waals surface area contributed by atoms with E-state index in [2.05, 4.69) is 227 Å². The third-order valence-electron chi connectivity index (χ3n) is 13.5. The van der Waals surface area contributed by atoms with Crippen molar-refractivity contribution < 1.29 is 0 Å². The van der Waals surface area contributed by atoms with Crippen LogP contribution in [0, 0.1) is 0 Å². The van der Waals surface area contributed by atoms with Crippen LogP contribution in [0.3, 0.4) is 0 Å². The average molecular weight is 813 g/mol. The number of hydrogen-bond donors (Lipinski definition) is 0. The van der Waals surface area contributed by atoms with E-state index in [9.17, 15) is 0 Å². The second-order valence-electron chi connectivity index (χ2n) is 16.9. The number of para-hydroxylation sites is 2. The van der Waals surface area contributed by atoms with Gasteiger partial charge in [0.05, 0.1) is 38.6 Å². The summed E-state index contributed by atoms with van der Waals surface area (Å²) in [6.45, 7) is 0. The molecule has 4 heterocycles. The highest BCUT2D eigenvalue weighted by molar-refractivity contribution is 6.31. The molecule has 0 N–H and O–H groups in total. The predicted molar refractivity (Wildman–Crippen MR) is 268 cm³/mol. The van der Waals surface area contributed by atoms with Crippen molar-refractivity contribution in [2.75, 3.05) is 0 Å². The molecule has 10 aromatic carbocycles. The van der Waals surface area contributed by atoms with E-state index in [4.69, 9.17) is 9.97 Å². The summed E-state index contributed by atoms with van der Waals surface area (Å²) in [7, 11) is 0. The quantitative estimate of drug-likeness (QED) is 0.162. The van der Waals surface area contributed by atoms with Crippen molar-refractivity contribution in [1.82, 2.24) is 18.9 Å². The number of fused-ring (bicyclic) bond motifs is 8. The lowest BCUT2D eigenvalue weighted by molar-refractivity contribution is 1.08. The van der Waals surface area contributed by atoms with E-state index >= 15 is 0 Å². The molecule has 0 aliphatic rings. The van der Waals surface area contributed by atoms with Crippen molar-refractivity contribution in [3.8, 4) is 50.5 Å². The first-order valence-corrected chi connectivity index (χ1v) is 21.9. The van der Waals surface area contributed by atoms with Crippen LogP contribution < -0.4 is 0 Å². The van der Waals surface area contributed by atoms with Gasteiger partial charge in [0.2, 0.25) is 0 Å². The van der Waals surface area contributed by atoms with E-state index in [1.807, 2.05) is 0 Å². The minimum absolute atomic E-state index is 0.806. The molecule has 0 aliphatic heterocycles. The molecule has 0 saturated heterocycles. The van der Waals surface area contributed by atoms with Gasteiger partial charge in [0.1, 0.15) is 5.69 Å². The fourth-order valence-electron chi connectivity index (χ4n) is 10.6. The second kappa shape index (κ2) is 13.4. The molecule has 14 rings (SSSR count). The second-order valence-corrected chi connectivity index (χ2v) is 16.9. The Balaban J connectivity index is 1.03. The van der Waals surface area contributed by atoms with Gasteiger partial charge in [-0.25, -0.2) is 9.97 Å². The van der Waals surface area contributed by atoms with Gasteiger partial charge >= 0.3 is 0 Å². The third-order valence-corrected chi connectivity index (χ3v) is 13.5. The Hall–Kier alpha value is -8.60. The maximum absolute atomic E-state index is 5.83. The highest BCUT2D eigenvalue weighted by Crippen LogP contribution is 2.45. The first-order valence-electron chi connectivity index (χ1n) is 21.9. The summed E-state index contributed by atoms with van der Waals surface area (Å²) in [6, 6.07) is 78.8. The lowest BCUT2D eigenvalue weighted by atomic mass is 9.94. The normalized spacial score (nSPS) is 12.1. The van der Waals surface area contributed by atoms with Gasteiger partial charge in [0.15, 0.2) is 5.82 Å². The van der Waals surface area contributed by atoms with E-state index < -0.39 is 0 Å². The van der Waals surface area contributed by atoms with Crippen molar-refractivity contribution in [1.29, 1.82) is 0 Å². The Labute approximate surface area is 367 Å². The van der Waals surface area contributed by atoms with Crippen LogP contribution in [0.25, 0.3) is 132 Å². The third kappa shape index (κ3) is 4.99. The summed E-state index contributed by atoms with van der Waals surface area (Å²) < 4.78 is 4.86. The smallest absolute Gasteiger partial charge is 0.165 e. The van der Waals surface area contributed by atoms with Crippen LogP contribution in [-0.2, 0) is 0 Å². The Morgan fingerprint density at radius 2 is 0.844 bits per heavy atom. The van der Waals surface area contributed by atoms with Gasteiger partial charge < -0.3 is 4.40 Å². The summed E-state index contributed by atoms with van der Waals surface area (Å²) in [4.78, 5) is 11.4. The first-order chi connectivity index (χ1) is 31.8.